The molecule has 1 unspecified atom stereocenters. The van der Waals surface area contributed by atoms with Crippen LogP contribution in [0.15, 0.2) is 30.3 Å². The van der Waals surface area contributed by atoms with Crippen molar-refractivity contribution in [1.82, 2.24) is 14.8 Å². The Kier molecular flexibility index (Phi) is 3.66. The third kappa shape index (κ3) is 2.28. The molecule has 0 saturated heterocycles. The average molecular weight is 274 g/mol. The molecule has 0 spiro atoms. The first-order valence-corrected chi connectivity index (χ1v) is 6.65. The number of hydrogen-bond acceptors (Lipinski definition) is 5. The summed E-state index contributed by atoms with van der Waals surface area (Å²) in [6.45, 7) is 0.834. The summed E-state index contributed by atoms with van der Waals surface area (Å²) < 4.78 is 12.6. The summed E-state index contributed by atoms with van der Waals surface area (Å²) >= 11 is 0. The van der Waals surface area contributed by atoms with Crippen molar-refractivity contribution in [3.05, 3.63) is 30.3 Å². The number of nitrogens with zero attached hydrogens (tertiary/aromatic N) is 3. The highest BCUT2D eigenvalue weighted by atomic mass is 16.7. The summed E-state index contributed by atoms with van der Waals surface area (Å²) in [6, 6.07) is 9.97. The Morgan fingerprint density at radius 1 is 1.25 bits per heavy atom. The van der Waals surface area contributed by atoms with E-state index in [0.717, 1.165) is 24.5 Å². The van der Waals surface area contributed by atoms with Gasteiger partial charge in [0.05, 0.1) is 0 Å². The van der Waals surface area contributed by atoms with Gasteiger partial charge in [-0.3, -0.25) is 0 Å². The van der Waals surface area contributed by atoms with E-state index in [0.29, 0.717) is 5.82 Å². The maximum atomic E-state index is 5.37. The number of benzene rings is 1. The van der Waals surface area contributed by atoms with Gasteiger partial charge in [0.1, 0.15) is 6.04 Å². The lowest BCUT2D eigenvalue weighted by atomic mass is 10.2. The molecule has 6 heteroatoms. The van der Waals surface area contributed by atoms with Crippen LogP contribution in [0.1, 0.15) is 12.5 Å². The second kappa shape index (κ2) is 5.60. The molecule has 6 nitrogen and oxygen atoms in total. The predicted molar refractivity (Wildman–Crippen MR) is 75.4 cm³/mol. The van der Waals surface area contributed by atoms with Gasteiger partial charge in [0.15, 0.2) is 12.1 Å². The number of ether oxygens (including phenoxy) is 2. The van der Waals surface area contributed by atoms with E-state index < -0.39 is 0 Å². The summed E-state index contributed by atoms with van der Waals surface area (Å²) in [5.74, 6) is 1.48. The number of rotatable bonds is 4. The zero-order valence-corrected chi connectivity index (χ0v) is 11.6. The van der Waals surface area contributed by atoms with Crippen LogP contribution in [0, 0.1) is 0 Å². The van der Waals surface area contributed by atoms with Crippen LogP contribution < -0.4 is 5.32 Å². The fraction of sp³-hybridized carbons (Fsp3) is 0.429. The molecule has 0 saturated carbocycles. The molecule has 106 valence electrons. The molecule has 3 rings (SSSR count). The first-order chi connectivity index (χ1) is 9.83. The Labute approximate surface area is 117 Å². The van der Waals surface area contributed by atoms with Crippen LogP contribution >= 0.6 is 0 Å². The van der Waals surface area contributed by atoms with Crippen molar-refractivity contribution in [3.8, 4) is 11.4 Å². The van der Waals surface area contributed by atoms with E-state index >= 15 is 0 Å². The van der Waals surface area contributed by atoms with Crippen molar-refractivity contribution < 1.29 is 9.47 Å². The summed E-state index contributed by atoms with van der Waals surface area (Å²) in [6.07, 6.45) is 0.567. The van der Waals surface area contributed by atoms with E-state index in [2.05, 4.69) is 15.4 Å². The van der Waals surface area contributed by atoms with Gasteiger partial charge in [-0.05, 0) is 6.42 Å². The highest BCUT2D eigenvalue weighted by Crippen LogP contribution is 2.28. The molecule has 0 amide bonds. The summed E-state index contributed by atoms with van der Waals surface area (Å²) in [7, 11) is 3.29. The number of fused-ring (bicyclic) bond motifs is 1. The maximum absolute atomic E-state index is 5.37. The molecule has 1 aromatic carbocycles. The average Bonchev–Trinajstić information content (AvgIpc) is 2.94. The molecule has 1 atom stereocenters. The summed E-state index contributed by atoms with van der Waals surface area (Å²) in [5, 5.41) is 7.87. The third-order valence-corrected chi connectivity index (χ3v) is 3.48. The molecule has 0 aliphatic carbocycles. The van der Waals surface area contributed by atoms with Crippen molar-refractivity contribution >= 4 is 5.95 Å². The van der Waals surface area contributed by atoms with Gasteiger partial charge in [0.2, 0.25) is 5.95 Å². The van der Waals surface area contributed by atoms with Gasteiger partial charge in [0, 0.05) is 26.3 Å². The molecule has 0 radical (unpaired) electrons. The Hall–Kier alpha value is -1.92. The first kappa shape index (κ1) is 13.1. The normalized spacial score (nSPS) is 17.9. The predicted octanol–water partition coefficient (Wildman–Crippen LogP) is 1.92. The fourth-order valence-electron chi connectivity index (χ4n) is 2.50. The number of aromatic nitrogens is 3. The third-order valence-electron chi connectivity index (χ3n) is 3.48. The molecule has 1 N–H and O–H groups in total. The molecule has 1 aliphatic rings. The van der Waals surface area contributed by atoms with Crippen LogP contribution in [0.4, 0.5) is 5.95 Å². The Balaban J connectivity index is 1.96. The highest BCUT2D eigenvalue weighted by molar-refractivity contribution is 5.56. The fourth-order valence-corrected chi connectivity index (χ4v) is 2.50. The lowest BCUT2D eigenvalue weighted by Crippen LogP contribution is -2.34. The number of methoxy groups -OCH3 is 2. The summed E-state index contributed by atoms with van der Waals surface area (Å²) in [5.41, 5.74) is 1.00. The Morgan fingerprint density at radius 2 is 2.00 bits per heavy atom. The van der Waals surface area contributed by atoms with E-state index in [1.807, 2.05) is 35.0 Å². The van der Waals surface area contributed by atoms with Crippen molar-refractivity contribution in [2.24, 2.45) is 0 Å². The molecule has 0 fully saturated rings. The van der Waals surface area contributed by atoms with Gasteiger partial charge in [-0.1, -0.05) is 30.3 Å². The van der Waals surface area contributed by atoms with Gasteiger partial charge in [-0.15, -0.1) is 5.10 Å². The topological polar surface area (TPSA) is 61.2 Å². The number of anilines is 1. The Bertz CT molecular complexity index is 566. The second-order valence-corrected chi connectivity index (χ2v) is 4.69. The smallest absolute Gasteiger partial charge is 0.222 e. The van der Waals surface area contributed by atoms with Gasteiger partial charge < -0.3 is 14.8 Å². The van der Waals surface area contributed by atoms with Crippen LogP contribution in [-0.4, -0.2) is 41.8 Å². The number of nitrogens with one attached hydrogen (secondary N) is 1. The zero-order valence-electron chi connectivity index (χ0n) is 11.6. The SMILES string of the molecule is COC(OC)C1CCNc2nc(-c3ccccc3)nn21. The lowest BCUT2D eigenvalue weighted by molar-refractivity contribution is -0.135. The van der Waals surface area contributed by atoms with E-state index in [1.165, 1.54) is 0 Å². The molecule has 20 heavy (non-hydrogen) atoms. The van der Waals surface area contributed by atoms with Gasteiger partial charge in [0.25, 0.3) is 0 Å². The molecule has 2 heterocycles. The molecule has 1 aliphatic heterocycles. The minimum atomic E-state index is -0.318. The molecular weight excluding hydrogens is 256 g/mol. The van der Waals surface area contributed by atoms with E-state index in [1.54, 1.807) is 14.2 Å². The standard InChI is InChI=1S/C14H18N4O2/c1-19-13(20-2)11-8-9-15-14-16-12(17-18(11)14)10-6-4-3-5-7-10/h3-7,11,13H,8-9H2,1-2H3,(H,15,16,17). The quantitative estimate of drug-likeness (QED) is 0.863. The second-order valence-electron chi connectivity index (χ2n) is 4.69. The summed E-state index contributed by atoms with van der Waals surface area (Å²) in [4.78, 5) is 4.55. The van der Waals surface area contributed by atoms with Gasteiger partial charge in [-0.25, -0.2) is 4.68 Å². The van der Waals surface area contributed by atoms with Crippen LogP contribution in [0.25, 0.3) is 11.4 Å². The minimum Gasteiger partial charge on any atom is -0.354 e. The molecule has 0 bridgehead atoms. The number of hydrogen-bond donors (Lipinski definition) is 1. The van der Waals surface area contributed by atoms with Crippen molar-refractivity contribution in [2.45, 2.75) is 18.8 Å². The molecule has 1 aromatic heterocycles. The van der Waals surface area contributed by atoms with E-state index in [4.69, 9.17) is 9.47 Å². The highest BCUT2D eigenvalue weighted by Gasteiger charge is 2.30. The van der Waals surface area contributed by atoms with E-state index in [-0.39, 0.29) is 12.3 Å². The lowest BCUT2D eigenvalue weighted by Gasteiger charge is -2.29. The minimum absolute atomic E-state index is 0.0335. The van der Waals surface area contributed by atoms with Crippen LogP contribution in [0.5, 0.6) is 0 Å². The van der Waals surface area contributed by atoms with Crippen LogP contribution in [-0.2, 0) is 9.47 Å². The van der Waals surface area contributed by atoms with Crippen molar-refractivity contribution in [2.75, 3.05) is 26.1 Å². The van der Waals surface area contributed by atoms with Crippen LogP contribution in [0.2, 0.25) is 0 Å². The van der Waals surface area contributed by atoms with Crippen molar-refractivity contribution in [1.29, 1.82) is 0 Å². The molecule has 2 aromatic rings. The maximum Gasteiger partial charge on any atom is 0.222 e. The largest absolute Gasteiger partial charge is 0.354 e. The van der Waals surface area contributed by atoms with Crippen molar-refractivity contribution in [3.63, 3.8) is 0 Å². The van der Waals surface area contributed by atoms with Crippen LogP contribution in [0.3, 0.4) is 0 Å². The van der Waals surface area contributed by atoms with E-state index in [9.17, 15) is 0 Å². The van der Waals surface area contributed by atoms with Gasteiger partial charge in [-0.2, -0.15) is 4.98 Å². The molecular formula is C14H18N4O2. The monoisotopic (exact) mass is 274 g/mol. The Morgan fingerprint density at radius 3 is 2.70 bits per heavy atom. The zero-order chi connectivity index (χ0) is 13.9. The first-order valence-electron chi connectivity index (χ1n) is 6.65. The van der Waals surface area contributed by atoms with Gasteiger partial charge >= 0.3 is 0 Å².